The summed E-state index contributed by atoms with van der Waals surface area (Å²) in [7, 11) is 0. The highest BCUT2D eigenvalue weighted by Gasteiger charge is 2.10. The van der Waals surface area contributed by atoms with Crippen molar-refractivity contribution in [2.24, 2.45) is 11.5 Å². The Labute approximate surface area is 78.4 Å². The van der Waals surface area contributed by atoms with E-state index >= 15 is 0 Å². The van der Waals surface area contributed by atoms with Crippen LogP contribution >= 0.6 is 0 Å². The zero-order valence-electron chi connectivity index (χ0n) is 7.83. The summed E-state index contributed by atoms with van der Waals surface area (Å²) in [6.45, 7) is 2.34. The van der Waals surface area contributed by atoms with Gasteiger partial charge in [0, 0.05) is 18.2 Å². The first-order valence-corrected chi connectivity index (χ1v) is 4.47. The third kappa shape index (κ3) is 1.99. The largest absolute Gasteiger partial charge is 0.507 e. The van der Waals surface area contributed by atoms with Crippen molar-refractivity contribution in [2.45, 2.75) is 19.4 Å². The van der Waals surface area contributed by atoms with Crippen LogP contribution in [0.1, 0.15) is 24.1 Å². The molecule has 0 saturated carbocycles. The highest BCUT2D eigenvalue weighted by atomic mass is 16.3. The number of rotatable bonds is 3. The normalized spacial score (nSPS) is 12.8. The van der Waals surface area contributed by atoms with E-state index in [1.165, 1.54) is 0 Å². The second-order valence-corrected chi connectivity index (χ2v) is 3.05. The summed E-state index contributed by atoms with van der Waals surface area (Å²) in [4.78, 5) is 0. The van der Waals surface area contributed by atoms with Gasteiger partial charge in [0.2, 0.25) is 0 Å². The molecule has 0 unspecified atom stereocenters. The number of phenols is 1. The first-order valence-electron chi connectivity index (χ1n) is 4.47. The van der Waals surface area contributed by atoms with E-state index in [2.05, 4.69) is 0 Å². The van der Waals surface area contributed by atoms with Gasteiger partial charge in [-0.05, 0) is 12.0 Å². The maximum atomic E-state index is 9.75. The van der Waals surface area contributed by atoms with E-state index in [1.54, 1.807) is 0 Å². The maximum absolute atomic E-state index is 9.75. The van der Waals surface area contributed by atoms with Gasteiger partial charge in [-0.25, -0.2) is 0 Å². The number of aromatic hydroxyl groups is 1. The van der Waals surface area contributed by atoms with Crippen LogP contribution in [0, 0.1) is 0 Å². The molecule has 0 amide bonds. The molecule has 1 aromatic rings. The summed E-state index contributed by atoms with van der Waals surface area (Å²) in [6.07, 6.45) is 0.803. The number of hydrogen-bond acceptors (Lipinski definition) is 3. The third-order valence-corrected chi connectivity index (χ3v) is 2.19. The Morgan fingerprint density at radius 3 is 2.69 bits per heavy atom. The predicted molar refractivity (Wildman–Crippen MR) is 53.5 cm³/mol. The predicted octanol–water partition coefficient (Wildman–Crippen LogP) is 0.913. The van der Waals surface area contributed by atoms with Gasteiger partial charge >= 0.3 is 0 Å². The molecule has 0 aliphatic rings. The minimum atomic E-state index is -0.272. The fourth-order valence-electron chi connectivity index (χ4n) is 1.32. The molecule has 0 aliphatic heterocycles. The van der Waals surface area contributed by atoms with Crippen LogP contribution < -0.4 is 11.5 Å². The Kier molecular flexibility index (Phi) is 3.28. The quantitative estimate of drug-likeness (QED) is 0.647. The summed E-state index contributed by atoms with van der Waals surface area (Å²) in [6, 6.07) is 5.32. The van der Waals surface area contributed by atoms with Gasteiger partial charge in [0.1, 0.15) is 5.75 Å². The van der Waals surface area contributed by atoms with E-state index in [1.807, 2.05) is 25.1 Å². The average Bonchev–Trinajstić information content (AvgIpc) is 2.17. The average molecular weight is 180 g/mol. The summed E-state index contributed by atoms with van der Waals surface area (Å²) in [5.41, 5.74) is 12.8. The molecule has 1 rings (SSSR count). The van der Waals surface area contributed by atoms with Crippen molar-refractivity contribution < 1.29 is 5.11 Å². The Balaban J connectivity index is 3.08. The van der Waals surface area contributed by atoms with E-state index in [0.717, 1.165) is 17.5 Å². The lowest BCUT2D eigenvalue weighted by Gasteiger charge is -2.13. The fraction of sp³-hybridized carbons (Fsp3) is 0.400. The second kappa shape index (κ2) is 4.25. The number of phenolic OH excluding ortho intramolecular Hbond substituents is 1. The molecule has 0 saturated heterocycles. The fourth-order valence-corrected chi connectivity index (χ4v) is 1.32. The van der Waals surface area contributed by atoms with Crippen LogP contribution in [0.2, 0.25) is 0 Å². The van der Waals surface area contributed by atoms with Gasteiger partial charge in [0.25, 0.3) is 0 Å². The van der Waals surface area contributed by atoms with Gasteiger partial charge in [-0.2, -0.15) is 0 Å². The van der Waals surface area contributed by atoms with Crippen LogP contribution in [0.25, 0.3) is 0 Å². The van der Waals surface area contributed by atoms with Gasteiger partial charge in [0.05, 0.1) is 0 Å². The van der Waals surface area contributed by atoms with Gasteiger partial charge in [0.15, 0.2) is 0 Å². The molecule has 0 aliphatic carbocycles. The van der Waals surface area contributed by atoms with E-state index in [9.17, 15) is 5.11 Å². The van der Waals surface area contributed by atoms with E-state index in [-0.39, 0.29) is 6.04 Å². The zero-order valence-corrected chi connectivity index (χ0v) is 7.83. The molecule has 72 valence electrons. The van der Waals surface area contributed by atoms with Crippen molar-refractivity contribution in [3.8, 4) is 5.75 Å². The Hall–Kier alpha value is -1.06. The lowest BCUT2D eigenvalue weighted by Crippen LogP contribution is -2.20. The molecule has 13 heavy (non-hydrogen) atoms. The molecule has 0 spiro atoms. The molecule has 0 bridgehead atoms. The lowest BCUT2D eigenvalue weighted by atomic mass is 10.0. The van der Waals surface area contributed by atoms with Crippen LogP contribution in [0.5, 0.6) is 5.75 Å². The molecular weight excluding hydrogens is 164 g/mol. The number of nitrogens with two attached hydrogens (primary N) is 2. The van der Waals surface area contributed by atoms with Gasteiger partial charge in [-0.15, -0.1) is 0 Å². The van der Waals surface area contributed by atoms with Crippen LogP contribution in [0.3, 0.4) is 0 Å². The van der Waals surface area contributed by atoms with Crippen molar-refractivity contribution in [2.75, 3.05) is 6.54 Å². The van der Waals surface area contributed by atoms with Crippen molar-refractivity contribution >= 4 is 0 Å². The summed E-state index contributed by atoms with van der Waals surface area (Å²) >= 11 is 0. The Morgan fingerprint density at radius 2 is 2.15 bits per heavy atom. The molecule has 5 N–H and O–H groups in total. The first-order chi connectivity index (χ1) is 6.20. The van der Waals surface area contributed by atoms with Crippen LogP contribution in [0.4, 0.5) is 0 Å². The van der Waals surface area contributed by atoms with E-state index < -0.39 is 0 Å². The van der Waals surface area contributed by atoms with Crippen molar-refractivity contribution in [3.05, 3.63) is 29.3 Å². The molecule has 0 aromatic heterocycles. The number of para-hydroxylation sites is 1. The summed E-state index contributed by atoms with van der Waals surface area (Å²) in [5, 5.41) is 9.75. The molecule has 1 atom stereocenters. The molecule has 1 aromatic carbocycles. The highest BCUT2D eigenvalue weighted by molar-refractivity contribution is 5.42. The third-order valence-electron chi connectivity index (χ3n) is 2.19. The zero-order chi connectivity index (χ0) is 9.84. The molecule has 0 fully saturated rings. The Morgan fingerprint density at radius 1 is 1.46 bits per heavy atom. The molecule has 0 heterocycles. The maximum Gasteiger partial charge on any atom is 0.123 e. The number of aryl methyl sites for hydroxylation is 1. The van der Waals surface area contributed by atoms with Gasteiger partial charge in [-0.1, -0.05) is 25.1 Å². The minimum absolute atomic E-state index is 0.272. The lowest BCUT2D eigenvalue weighted by molar-refractivity contribution is 0.455. The molecular formula is C10H16N2O. The number of hydrogen-bond donors (Lipinski definition) is 3. The standard InChI is InChI=1S/C10H16N2O/c1-2-7-4-3-5-8(10(7)13)9(12)6-11/h3-5,9,13H,2,6,11-12H2,1H3/t9-/m0/s1. The van der Waals surface area contributed by atoms with Crippen molar-refractivity contribution in [1.29, 1.82) is 0 Å². The van der Waals surface area contributed by atoms with Crippen molar-refractivity contribution in [3.63, 3.8) is 0 Å². The highest BCUT2D eigenvalue weighted by Crippen LogP contribution is 2.26. The topological polar surface area (TPSA) is 72.3 Å². The van der Waals surface area contributed by atoms with Gasteiger partial charge < -0.3 is 16.6 Å². The van der Waals surface area contributed by atoms with E-state index in [4.69, 9.17) is 11.5 Å². The molecule has 0 radical (unpaired) electrons. The van der Waals surface area contributed by atoms with Crippen LogP contribution in [-0.4, -0.2) is 11.7 Å². The van der Waals surface area contributed by atoms with Crippen molar-refractivity contribution in [1.82, 2.24) is 0 Å². The smallest absolute Gasteiger partial charge is 0.123 e. The Bertz CT molecular complexity index is 286. The van der Waals surface area contributed by atoms with Crippen LogP contribution in [-0.2, 0) is 6.42 Å². The molecule has 3 nitrogen and oxygen atoms in total. The van der Waals surface area contributed by atoms with E-state index in [0.29, 0.717) is 12.3 Å². The monoisotopic (exact) mass is 180 g/mol. The van der Waals surface area contributed by atoms with Crippen LogP contribution in [0.15, 0.2) is 18.2 Å². The first kappa shape index (κ1) is 10.0. The summed E-state index contributed by atoms with van der Waals surface area (Å²) < 4.78 is 0. The number of benzene rings is 1. The molecule has 3 heteroatoms. The SMILES string of the molecule is CCc1cccc([C@@H](N)CN)c1O. The summed E-state index contributed by atoms with van der Waals surface area (Å²) in [5.74, 6) is 0.294. The minimum Gasteiger partial charge on any atom is -0.507 e. The van der Waals surface area contributed by atoms with Gasteiger partial charge in [-0.3, -0.25) is 0 Å². The second-order valence-electron chi connectivity index (χ2n) is 3.05.